The average Bonchev–Trinajstić information content (AvgIpc) is 3.45. The lowest BCUT2D eigenvalue weighted by Gasteiger charge is -2.24. The van der Waals surface area contributed by atoms with E-state index in [-0.39, 0.29) is 5.41 Å². The van der Waals surface area contributed by atoms with E-state index in [4.69, 9.17) is 0 Å². The third-order valence-electron chi connectivity index (χ3n) is 12.0. The molecule has 0 spiro atoms. The quantitative estimate of drug-likeness (QED) is 0.129. The standard InChI is InChI=1S/C53H36/c1-53(2)48-26-14-13-25-45(48)52-40-20-8-7-19-39(40)47(32-49(52)53)51-43-23-11-9-21-41(43)50(42-22-10-12-24-44(42)51)34-29-27-33(28-30-34)46-31-35-15-3-4-16-36(35)37-17-5-6-18-38(37)46/h3-32H,1-2H3. The van der Waals surface area contributed by atoms with E-state index in [0.717, 1.165) is 0 Å². The summed E-state index contributed by atoms with van der Waals surface area (Å²) in [4.78, 5) is 0. The van der Waals surface area contributed by atoms with Crippen molar-refractivity contribution < 1.29 is 0 Å². The Morgan fingerprint density at radius 1 is 0.283 bits per heavy atom. The number of benzene rings is 10. The molecule has 10 aromatic rings. The Balaban J connectivity index is 1.16. The summed E-state index contributed by atoms with van der Waals surface area (Å²) < 4.78 is 0. The van der Waals surface area contributed by atoms with Gasteiger partial charge < -0.3 is 0 Å². The number of hydrogen-bond acceptors (Lipinski definition) is 0. The summed E-state index contributed by atoms with van der Waals surface area (Å²) in [5.41, 5.74) is 13.1. The smallest absolute Gasteiger partial charge is 0.0159 e. The third-order valence-corrected chi connectivity index (χ3v) is 12.0. The highest BCUT2D eigenvalue weighted by atomic mass is 14.4. The Bertz CT molecular complexity index is 3060. The second-order valence-electron chi connectivity index (χ2n) is 15.2. The fourth-order valence-corrected chi connectivity index (χ4v) is 9.60. The Morgan fingerprint density at radius 2 is 0.736 bits per heavy atom. The molecule has 10 aromatic carbocycles. The molecular weight excluding hydrogens is 637 g/mol. The summed E-state index contributed by atoms with van der Waals surface area (Å²) in [5.74, 6) is 0. The van der Waals surface area contributed by atoms with Crippen molar-refractivity contribution in [3.63, 3.8) is 0 Å². The van der Waals surface area contributed by atoms with Crippen molar-refractivity contribution in [2.45, 2.75) is 19.3 Å². The van der Waals surface area contributed by atoms with Crippen LogP contribution in [0, 0.1) is 0 Å². The van der Waals surface area contributed by atoms with Crippen molar-refractivity contribution in [2.24, 2.45) is 0 Å². The van der Waals surface area contributed by atoms with Gasteiger partial charge in [-0.2, -0.15) is 0 Å². The van der Waals surface area contributed by atoms with Crippen LogP contribution in [0.5, 0.6) is 0 Å². The van der Waals surface area contributed by atoms with Crippen molar-refractivity contribution >= 4 is 53.9 Å². The molecule has 11 rings (SSSR count). The first kappa shape index (κ1) is 30.2. The second kappa shape index (κ2) is 11.2. The topological polar surface area (TPSA) is 0 Å². The lowest BCUT2D eigenvalue weighted by atomic mass is 9.79. The minimum absolute atomic E-state index is 0.103. The summed E-state index contributed by atoms with van der Waals surface area (Å²) in [6.07, 6.45) is 0. The molecule has 1 aliphatic rings. The summed E-state index contributed by atoms with van der Waals surface area (Å²) in [6, 6.07) is 67.8. The van der Waals surface area contributed by atoms with Crippen molar-refractivity contribution in [1.29, 1.82) is 0 Å². The zero-order valence-electron chi connectivity index (χ0n) is 29.8. The van der Waals surface area contributed by atoms with E-state index < -0.39 is 0 Å². The molecule has 0 radical (unpaired) electrons. The molecule has 53 heavy (non-hydrogen) atoms. The third kappa shape index (κ3) is 4.30. The highest BCUT2D eigenvalue weighted by molar-refractivity contribution is 6.25. The fraction of sp³-hybridized carbons (Fsp3) is 0.0566. The number of hydrogen-bond donors (Lipinski definition) is 0. The Morgan fingerprint density at radius 3 is 1.38 bits per heavy atom. The van der Waals surface area contributed by atoms with Crippen LogP contribution in [0.15, 0.2) is 182 Å². The van der Waals surface area contributed by atoms with E-state index in [0.29, 0.717) is 0 Å². The van der Waals surface area contributed by atoms with Gasteiger partial charge in [-0.3, -0.25) is 0 Å². The van der Waals surface area contributed by atoms with Crippen molar-refractivity contribution in [3.05, 3.63) is 193 Å². The Hall–Kier alpha value is -6.50. The van der Waals surface area contributed by atoms with E-state index in [2.05, 4.69) is 196 Å². The van der Waals surface area contributed by atoms with Crippen LogP contribution in [-0.2, 0) is 5.41 Å². The molecule has 0 atom stereocenters. The zero-order chi connectivity index (χ0) is 35.3. The molecule has 0 nitrogen and oxygen atoms in total. The molecule has 0 N–H and O–H groups in total. The highest BCUT2D eigenvalue weighted by Crippen LogP contribution is 2.54. The maximum atomic E-state index is 2.52. The molecule has 0 heteroatoms. The Labute approximate surface area is 309 Å². The van der Waals surface area contributed by atoms with Crippen LogP contribution in [0.1, 0.15) is 25.0 Å². The fourth-order valence-electron chi connectivity index (χ4n) is 9.60. The molecule has 0 unspecified atom stereocenters. The maximum Gasteiger partial charge on any atom is 0.0159 e. The minimum atomic E-state index is -0.103. The maximum absolute atomic E-state index is 2.52. The molecule has 1 aliphatic carbocycles. The summed E-state index contributed by atoms with van der Waals surface area (Å²) in [7, 11) is 0. The molecular formula is C53H36. The van der Waals surface area contributed by atoms with Crippen LogP contribution in [-0.4, -0.2) is 0 Å². The van der Waals surface area contributed by atoms with E-state index in [1.807, 2.05) is 0 Å². The predicted octanol–water partition coefficient (Wildman–Crippen LogP) is 14.8. The zero-order valence-corrected chi connectivity index (χ0v) is 29.8. The van der Waals surface area contributed by atoms with Gasteiger partial charge in [-0.15, -0.1) is 0 Å². The van der Waals surface area contributed by atoms with Crippen LogP contribution in [0.2, 0.25) is 0 Å². The molecule has 0 bridgehead atoms. The molecule has 0 heterocycles. The lowest BCUT2D eigenvalue weighted by Crippen LogP contribution is -2.15. The van der Waals surface area contributed by atoms with Gasteiger partial charge in [-0.1, -0.05) is 184 Å². The van der Waals surface area contributed by atoms with Crippen molar-refractivity contribution in [3.8, 4) is 44.5 Å². The van der Waals surface area contributed by atoms with E-state index in [1.54, 1.807) is 0 Å². The number of fused-ring (bicyclic) bond motifs is 10. The van der Waals surface area contributed by atoms with E-state index in [9.17, 15) is 0 Å². The van der Waals surface area contributed by atoms with Gasteiger partial charge in [0, 0.05) is 5.41 Å². The van der Waals surface area contributed by atoms with E-state index >= 15 is 0 Å². The molecule has 0 saturated heterocycles. The van der Waals surface area contributed by atoms with Crippen molar-refractivity contribution in [1.82, 2.24) is 0 Å². The normalized spacial score (nSPS) is 13.2. The van der Waals surface area contributed by atoms with Gasteiger partial charge in [0.25, 0.3) is 0 Å². The predicted molar refractivity (Wildman–Crippen MR) is 228 cm³/mol. The van der Waals surface area contributed by atoms with E-state index in [1.165, 1.54) is 109 Å². The molecule has 248 valence electrons. The second-order valence-corrected chi connectivity index (χ2v) is 15.2. The van der Waals surface area contributed by atoms with Gasteiger partial charge in [-0.25, -0.2) is 0 Å². The van der Waals surface area contributed by atoms with Gasteiger partial charge in [-0.05, 0) is 122 Å². The molecule has 0 aromatic heterocycles. The monoisotopic (exact) mass is 672 g/mol. The van der Waals surface area contributed by atoms with Crippen LogP contribution < -0.4 is 0 Å². The van der Waals surface area contributed by atoms with Gasteiger partial charge >= 0.3 is 0 Å². The summed E-state index contributed by atoms with van der Waals surface area (Å²) >= 11 is 0. The van der Waals surface area contributed by atoms with Gasteiger partial charge in [0.1, 0.15) is 0 Å². The largest absolute Gasteiger partial charge is 0.0619 e. The SMILES string of the molecule is CC1(C)c2ccccc2-c2c1cc(-c1c3ccccc3c(-c3ccc(-c4cc5ccccc5c5ccccc45)cc3)c3ccccc13)c1ccccc21. The average molecular weight is 673 g/mol. The first-order valence-corrected chi connectivity index (χ1v) is 18.7. The summed E-state index contributed by atoms with van der Waals surface area (Å²) in [6.45, 7) is 4.78. The van der Waals surface area contributed by atoms with Crippen LogP contribution in [0.25, 0.3) is 98.4 Å². The Kier molecular flexibility index (Phi) is 6.40. The first-order chi connectivity index (χ1) is 26.1. The first-order valence-electron chi connectivity index (χ1n) is 18.7. The minimum Gasteiger partial charge on any atom is -0.0619 e. The molecule has 0 fully saturated rings. The van der Waals surface area contributed by atoms with Gasteiger partial charge in [0.05, 0.1) is 0 Å². The van der Waals surface area contributed by atoms with Crippen LogP contribution >= 0.6 is 0 Å². The van der Waals surface area contributed by atoms with Gasteiger partial charge in [0.2, 0.25) is 0 Å². The van der Waals surface area contributed by atoms with Crippen molar-refractivity contribution in [2.75, 3.05) is 0 Å². The molecule has 0 amide bonds. The number of rotatable bonds is 3. The molecule has 0 saturated carbocycles. The lowest BCUT2D eigenvalue weighted by molar-refractivity contribution is 0.661. The van der Waals surface area contributed by atoms with Crippen LogP contribution in [0.3, 0.4) is 0 Å². The van der Waals surface area contributed by atoms with Crippen LogP contribution in [0.4, 0.5) is 0 Å². The molecule has 0 aliphatic heterocycles. The summed E-state index contributed by atoms with van der Waals surface area (Å²) in [5, 5.41) is 12.9. The van der Waals surface area contributed by atoms with Gasteiger partial charge in [0.15, 0.2) is 0 Å². The highest BCUT2D eigenvalue weighted by Gasteiger charge is 2.37.